The quantitative estimate of drug-likeness (QED) is 0.652. The average molecular weight is 344 g/mol. The maximum absolute atomic E-state index is 13.8. The molecule has 3 aromatic rings. The predicted octanol–water partition coefficient (Wildman–Crippen LogP) is 4.56. The summed E-state index contributed by atoms with van der Waals surface area (Å²) in [4.78, 5) is 16.6. The highest BCUT2D eigenvalue weighted by atomic mass is 79.9. The average Bonchev–Trinajstić information content (AvgIpc) is 2.50. The molecule has 1 heterocycles. The Balaban J connectivity index is 1.99. The second-order valence-corrected chi connectivity index (χ2v) is 5.63. The van der Waals surface area contributed by atoms with Crippen molar-refractivity contribution in [2.45, 2.75) is 6.42 Å². The molecule has 0 unspecified atom stereocenters. The number of halogens is 2. The topological polar surface area (TPSA) is 30.0 Å². The minimum absolute atomic E-state index is 0.102. The minimum Gasteiger partial charge on any atom is -0.294 e. The van der Waals surface area contributed by atoms with Crippen LogP contribution in [-0.2, 0) is 6.42 Å². The fraction of sp³-hybridized carbons (Fsp3) is 0.0588. The summed E-state index contributed by atoms with van der Waals surface area (Å²) in [5, 5.41) is 0.920. The van der Waals surface area contributed by atoms with E-state index in [4.69, 9.17) is 0 Å². The van der Waals surface area contributed by atoms with Gasteiger partial charge in [0.1, 0.15) is 5.82 Å². The monoisotopic (exact) mass is 343 g/mol. The zero-order chi connectivity index (χ0) is 14.8. The summed E-state index contributed by atoms with van der Waals surface area (Å²) in [6.45, 7) is 0. The fourth-order valence-corrected chi connectivity index (χ4v) is 2.65. The summed E-state index contributed by atoms with van der Waals surface area (Å²) < 4.78 is 14.5. The van der Waals surface area contributed by atoms with Crippen molar-refractivity contribution in [1.29, 1.82) is 0 Å². The van der Waals surface area contributed by atoms with Crippen LogP contribution in [0.4, 0.5) is 4.39 Å². The first-order valence-corrected chi connectivity index (χ1v) is 7.25. The number of hydrogen-bond acceptors (Lipinski definition) is 2. The van der Waals surface area contributed by atoms with Crippen molar-refractivity contribution in [2.75, 3.05) is 0 Å². The number of nitrogens with zero attached hydrogens (tertiary/aromatic N) is 1. The molecule has 21 heavy (non-hydrogen) atoms. The number of pyridine rings is 1. The lowest BCUT2D eigenvalue weighted by molar-refractivity contribution is 0.0989. The molecule has 0 spiro atoms. The Hall–Kier alpha value is -2.07. The molecule has 2 nitrogen and oxygen atoms in total. The van der Waals surface area contributed by atoms with Gasteiger partial charge in [-0.2, -0.15) is 0 Å². The van der Waals surface area contributed by atoms with E-state index >= 15 is 0 Å². The summed E-state index contributed by atoms with van der Waals surface area (Å²) in [5.41, 5.74) is 1.78. The van der Waals surface area contributed by atoms with Crippen LogP contribution < -0.4 is 0 Å². The first-order valence-electron chi connectivity index (χ1n) is 6.46. The van der Waals surface area contributed by atoms with Crippen LogP contribution >= 0.6 is 15.9 Å². The third kappa shape index (κ3) is 2.85. The molecule has 1 aromatic heterocycles. The van der Waals surface area contributed by atoms with Crippen molar-refractivity contribution in [3.63, 3.8) is 0 Å². The molecule has 2 aromatic carbocycles. The second-order valence-electron chi connectivity index (χ2n) is 4.71. The number of benzene rings is 2. The van der Waals surface area contributed by atoms with E-state index in [-0.39, 0.29) is 17.8 Å². The molecular weight excluding hydrogens is 333 g/mol. The Morgan fingerprint density at radius 2 is 1.95 bits per heavy atom. The molecule has 0 saturated heterocycles. The Bertz CT molecular complexity index is 827. The molecule has 4 heteroatoms. The first kappa shape index (κ1) is 13.9. The van der Waals surface area contributed by atoms with Gasteiger partial charge in [0.15, 0.2) is 5.78 Å². The molecule has 0 aliphatic rings. The van der Waals surface area contributed by atoms with Gasteiger partial charge in [-0.05, 0) is 35.9 Å². The number of carbonyl (C=O) groups excluding carboxylic acids is 1. The van der Waals surface area contributed by atoms with E-state index in [1.54, 1.807) is 18.3 Å². The van der Waals surface area contributed by atoms with E-state index in [1.807, 2.05) is 24.3 Å². The second kappa shape index (κ2) is 5.74. The molecule has 0 bridgehead atoms. The molecule has 0 atom stereocenters. The number of ketones is 1. The van der Waals surface area contributed by atoms with Crippen molar-refractivity contribution in [1.82, 2.24) is 4.98 Å². The maximum atomic E-state index is 13.8. The number of aromatic nitrogens is 1. The number of hydrogen-bond donors (Lipinski definition) is 0. The summed E-state index contributed by atoms with van der Waals surface area (Å²) in [6, 6.07) is 13.8. The van der Waals surface area contributed by atoms with Crippen LogP contribution in [0, 0.1) is 5.82 Å². The van der Waals surface area contributed by atoms with Gasteiger partial charge in [-0.1, -0.05) is 34.1 Å². The van der Waals surface area contributed by atoms with E-state index < -0.39 is 5.82 Å². The van der Waals surface area contributed by atoms with Gasteiger partial charge >= 0.3 is 0 Å². The van der Waals surface area contributed by atoms with Crippen LogP contribution in [0.25, 0.3) is 10.9 Å². The zero-order valence-corrected chi connectivity index (χ0v) is 12.6. The molecule has 0 aliphatic carbocycles. The molecule has 0 saturated carbocycles. The SMILES string of the molecule is O=C(Cc1ccnc2ccccc12)c1cc(Br)ccc1F. The van der Waals surface area contributed by atoms with Gasteiger partial charge in [-0.3, -0.25) is 9.78 Å². The highest BCUT2D eigenvalue weighted by molar-refractivity contribution is 9.10. The molecule has 0 amide bonds. The Kier molecular flexibility index (Phi) is 3.80. The lowest BCUT2D eigenvalue weighted by Crippen LogP contribution is -2.07. The molecule has 0 aliphatic heterocycles. The fourth-order valence-electron chi connectivity index (χ4n) is 2.29. The number of rotatable bonds is 3. The van der Waals surface area contributed by atoms with E-state index in [0.29, 0.717) is 4.47 Å². The smallest absolute Gasteiger partial charge is 0.170 e. The third-order valence-electron chi connectivity index (χ3n) is 3.32. The van der Waals surface area contributed by atoms with Crippen LogP contribution in [0.3, 0.4) is 0 Å². The number of para-hydroxylation sites is 1. The van der Waals surface area contributed by atoms with Crippen LogP contribution in [-0.4, -0.2) is 10.8 Å². The van der Waals surface area contributed by atoms with Crippen molar-refractivity contribution >= 4 is 32.6 Å². The van der Waals surface area contributed by atoms with Gasteiger partial charge in [0.05, 0.1) is 11.1 Å². The van der Waals surface area contributed by atoms with Crippen LogP contribution in [0.1, 0.15) is 15.9 Å². The van der Waals surface area contributed by atoms with Gasteiger partial charge < -0.3 is 0 Å². The lowest BCUT2D eigenvalue weighted by atomic mass is 10.00. The maximum Gasteiger partial charge on any atom is 0.170 e. The van der Waals surface area contributed by atoms with Crippen molar-refractivity contribution in [3.8, 4) is 0 Å². The Morgan fingerprint density at radius 3 is 2.81 bits per heavy atom. The highest BCUT2D eigenvalue weighted by Crippen LogP contribution is 2.21. The first-order chi connectivity index (χ1) is 10.1. The Morgan fingerprint density at radius 1 is 1.14 bits per heavy atom. The number of fused-ring (bicyclic) bond motifs is 1. The number of carbonyl (C=O) groups is 1. The van der Waals surface area contributed by atoms with Gasteiger partial charge in [0, 0.05) is 22.5 Å². The molecule has 0 N–H and O–H groups in total. The molecule has 3 rings (SSSR count). The van der Waals surface area contributed by atoms with E-state index in [9.17, 15) is 9.18 Å². The van der Waals surface area contributed by atoms with Crippen molar-refractivity contribution < 1.29 is 9.18 Å². The normalized spacial score (nSPS) is 10.8. The van der Waals surface area contributed by atoms with Gasteiger partial charge in [-0.25, -0.2) is 4.39 Å². The van der Waals surface area contributed by atoms with E-state index in [0.717, 1.165) is 16.5 Å². The molecular formula is C17H11BrFNO. The van der Waals surface area contributed by atoms with Gasteiger partial charge in [0.25, 0.3) is 0 Å². The lowest BCUT2D eigenvalue weighted by Gasteiger charge is -2.06. The van der Waals surface area contributed by atoms with Crippen LogP contribution in [0.15, 0.2) is 59.2 Å². The summed E-state index contributed by atoms with van der Waals surface area (Å²) in [7, 11) is 0. The molecule has 104 valence electrons. The zero-order valence-electron chi connectivity index (χ0n) is 11.0. The van der Waals surface area contributed by atoms with Crippen molar-refractivity contribution in [2.24, 2.45) is 0 Å². The number of Topliss-reactive ketones (excluding diaryl/α,β-unsaturated/α-hetero) is 1. The van der Waals surface area contributed by atoms with Gasteiger partial charge in [-0.15, -0.1) is 0 Å². The molecule has 0 radical (unpaired) electrons. The van der Waals surface area contributed by atoms with Gasteiger partial charge in [0.2, 0.25) is 0 Å². The highest BCUT2D eigenvalue weighted by Gasteiger charge is 2.14. The largest absolute Gasteiger partial charge is 0.294 e. The van der Waals surface area contributed by atoms with Crippen molar-refractivity contribution in [3.05, 3.63) is 76.1 Å². The summed E-state index contributed by atoms with van der Waals surface area (Å²) >= 11 is 3.26. The van der Waals surface area contributed by atoms with E-state index in [2.05, 4.69) is 20.9 Å². The summed E-state index contributed by atoms with van der Waals surface area (Å²) in [5.74, 6) is -0.744. The third-order valence-corrected chi connectivity index (χ3v) is 3.81. The predicted molar refractivity (Wildman–Crippen MR) is 83.9 cm³/mol. The Labute approximate surface area is 129 Å². The standard InChI is InChI=1S/C17H11BrFNO/c18-12-5-6-15(19)14(10-12)17(21)9-11-7-8-20-16-4-2-1-3-13(11)16/h1-8,10H,9H2. The minimum atomic E-state index is -0.499. The van der Waals surface area contributed by atoms with E-state index in [1.165, 1.54) is 12.1 Å². The summed E-state index contributed by atoms with van der Waals surface area (Å²) in [6.07, 6.45) is 1.82. The van der Waals surface area contributed by atoms with Crippen LogP contribution in [0.5, 0.6) is 0 Å². The van der Waals surface area contributed by atoms with Crippen LogP contribution in [0.2, 0.25) is 0 Å². The molecule has 0 fully saturated rings.